The van der Waals surface area contributed by atoms with Gasteiger partial charge in [0, 0.05) is 41.9 Å². The molecule has 2 unspecified atom stereocenters. The van der Waals surface area contributed by atoms with E-state index in [0.717, 1.165) is 19.0 Å². The summed E-state index contributed by atoms with van der Waals surface area (Å²) in [6.45, 7) is 6.98. The Kier molecular flexibility index (Phi) is 4.87. The molecule has 21 heavy (non-hydrogen) atoms. The number of anilines is 1. The van der Waals surface area contributed by atoms with Crippen LogP contribution in [0.1, 0.15) is 31.7 Å². The largest absolute Gasteiger partial charge is 0.370 e. The molecule has 0 aliphatic carbocycles. The summed E-state index contributed by atoms with van der Waals surface area (Å²) in [6, 6.07) is 7.61. The summed E-state index contributed by atoms with van der Waals surface area (Å²) in [5.41, 5.74) is 8.81. The van der Waals surface area contributed by atoms with Crippen molar-refractivity contribution in [3.63, 3.8) is 0 Å². The zero-order valence-electron chi connectivity index (χ0n) is 12.9. The number of hydrogen-bond donors (Lipinski definition) is 1. The molecule has 3 rings (SSSR count). The van der Waals surface area contributed by atoms with Gasteiger partial charge in [0.05, 0.1) is 0 Å². The maximum atomic E-state index is 6.04. The Morgan fingerprint density at radius 1 is 1.29 bits per heavy atom. The second-order valence-electron chi connectivity index (χ2n) is 6.59. The van der Waals surface area contributed by atoms with Crippen LogP contribution >= 0.6 is 15.9 Å². The van der Waals surface area contributed by atoms with Crippen molar-refractivity contribution in [3.8, 4) is 0 Å². The van der Waals surface area contributed by atoms with Gasteiger partial charge in [0.15, 0.2) is 0 Å². The van der Waals surface area contributed by atoms with E-state index in [9.17, 15) is 0 Å². The Bertz CT molecular complexity index is 489. The molecule has 0 bridgehead atoms. The first-order chi connectivity index (χ1) is 10.1. The van der Waals surface area contributed by atoms with Gasteiger partial charge in [0.2, 0.25) is 0 Å². The minimum Gasteiger partial charge on any atom is -0.370 e. The van der Waals surface area contributed by atoms with E-state index < -0.39 is 0 Å². The number of benzene rings is 1. The first kappa shape index (κ1) is 15.3. The highest BCUT2D eigenvalue weighted by atomic mass is 79.9. The molecule has 2 fully saturated rings. The van der Waals surface area contributed by atoms with Crippen LogP contribution in [0.2, 0.25) is 0 Å². The van der Waals surface area contributed by atoms with Crippen LogP contribution < -0.4 is 10.6 Å². The molecule has 0 radical (unpaired) electrons. The highest BCUT2D eigenvalue weighted by Gasteiger charge is 2.29. The molecular weight excluding hydrogens is 326 g/mol. The summed E-state index contributed by atoms with van der Waals surface area (Å²) in [6.07, 6.45) is 4.94. The van der Waals surface area contributed by atoms with Gasteiger partial charge in [-0.15, -0.1) is 0 Å². The predicted octanol–water partition coefficient (Wildman–Crippen LogP) is 3.01. The fourth-order valence-corrected chi connectivity index (χ4v) is 4.13. The summed E-state index contributed by atoms with van der Waals surface area (Å²) in [7, 11) is 0. The fourth-order valence-electron chi connectivity index (χ4n) is 3.78. The second-order valence-corrected chi connectivity index (χ2v) is 7.50. The lowest BCUT2D eigenvalue weighted by molar-refractivity contribution is 0.273. The van der Waals surface area contributed by atoms with Crippen molar-refractivity contribution in [2.24, 2.45) is 5.73 Å². The van der Waals surface area contributed by atoms with E-state index in [1.54, 1.807) is 0 Å². The maximum Gasteiger partial charge on any atom is 0.0411 e. The fraction of sp³-hybridized carbons (Fsp3) is 0.647. The predicted molar refractivity (Wildman–Crippen MR) is 92.9 cm³/mol. The van der Waals surface area contributed by atoms with Gasteiger partial charge in [0.1, 0.15) is 0 Å². The van der Waals surface area contributed by atoms with E-state index >= 15 is 0 Å². The van der Waals surface area contributed by atoms with Crippen LogP contribution in [0.3, 0.4) is 0 Å². The SMILES string of the molecule is CC(N)Cc1ccc(Br)cc1N1CCCN2CCCC2C1. The highest BCUT2D eigenvalue weighted by Crippen LogP contribution is 2.30. The molecule has 2 saturated heterocycles. The van der Waals surface area contributed by atoms with Gasteiger partial charge >= 0.3 is 0 Å². The van der Waals surface area contributed by atoms with Gasteiger partial charge in [-0.25, -0.2) is 0 Å². The molecule has 2 heterocycles. The molecule has 0 aromatic heterocycles. The quantitative estimate of drug-likeness (QED) is 0.908. The van der Waals surface area contributed by atoms with Crippen LogP contribution in [0.4, 0.5) is 5.69 Å². The molecule has 2 atom stereocenters. The van der Waals surface area contributed by atoms with Gasteiger partial charge in [-0.3, -0.25) is 4.90 Å². The molecule has 0 amide bonds. The number of rotatable bonds is 3. The van der Waals surface area contributed by atoms with E-state index in [-0.39, 0.29) is 6.04 Å². The lowest BCUT2D eigenvalue weighted by Gasteiger charge is -2.29. The lowest BCUT2D eigenvalue weighted by atomic mass is 10.0. The number of halogens is 1. The normalized spacial score (nSPS) is 24.7. The molecule has 2 N–H and O–H groups in total. The third-order valence-electron chi connectivity index (χ3n) is 4.73. The molecule has 2 aliphatic rings. The monoisotopic (exact) mass is 351 g/mol. The number of nitrogens with zero attached hydrogens (tertiary/aromatic N) is 2. The van der Waals surface area contributed by atoms with Crippen LogP contribution in [-0.4, -0.2) is 43.2 Å². The molecule has 2 aliphatic heterocycles. The number of nitrogens with two attached hydrogens (primary N) is 1. The van der Waals surface area contributed by atoms with Crippen molar-refractivity contribution in [2.75, 3.05) is 31.1 Å². The van der Waals surface area contributed by atoms with Crippen molar-refractivity contribution in [1.82, 2.24) is 4.90 Å². The summed E-state index contributed by atoms with van der Waals surface area (Å²) in [5, 5.41) is 0. The lowest BCUT2D eigenvalue weighted by Crippen LogP contribution is -2.37. The molecule has 3 nitrogen and oxygen atoms in total. The van der Waals surface area contributed by atoms with E-state index in [2.05, 4.69) is 50.9 Å². The molecular formula is C17H26BrN3. The third-order valence-corrected chi connectivity index (χ3v) is 5.23. The molecule has 0 spiro atoms. The van der Waals surface area contributed by atoms with E-state index in [1.807, 2.05) is 0 Å². The van der Waals surface area contributed by atoms with E-state index in [4.69, 9.17) is 5.73 Å². The highest BCUT2D eigenvalue weighted by molar-refractivity contribution is 9.10. The molecule has 116 valence electrons. The summed E-state index contributed by atoms with van der Waals surface area (Å²) >= 11 is 3.64. The summed E-state index contributed by atoms with van der Waals surface area (Å²) in [4.78, 5) is 5.28. The Balaban J connectivity index is 1.85. The van der Waals surface area contributed by atoms with Crippen molar-refractivity contribution >= 4 is 21.6 Å². The Hall–Kier alpha value is -0.580. The van der Waals surface area contributed by atoms with Crippen LogP contribution in [-0.2, 0) is 6.42 Å². The molecule has 1 aromatic carbocycles. The average Bonchev–Trinajstić information content (AvgIpc) is 2.78. The van der Waals surface area contributed by atoms with Gasteiger partial charge in [0.25, 0.3) is 0 Å². The zero-order valence-corrected chi connectivity index (χ0v) is 14.5. The van der Waals surface area contributed by atoms with E-state index in [1.165, 1.54) is 54.6 Å². The van der Waals surface area contributed by atoms with Crippen molar-refractivity contribution in [2.45, 2.75) is 44.7 Å². The van der Waals surface area contributed by atoms with Gasteiger partial charge in [-0.05, 0) is 56.8 Å². The summed E-state index contributed by atoms with van der Waals surface area (Å²) < 4.78 is 1.17. The first-order valence-electron chi connectivity index (χ1n) is 8.16. The van der Waals surface area contributed by atoms with Crippen molar-refractivity contribution in [3.05, 3.63) is 28.2 Å². The number of hydrogen-bond acceptors (Lipinski definition) is 3. The third kappa shape index (κ3) is 3.61. The topological polar surface area (TPSA) is 32.5 Å². The molecule has 4 heteroatoms. The maximum absolute atomic E-state index is 6.04. The Labute approximate surface area is 136 Å². The van der Waals surface area contributed by atoms with Crippen LogP contribution in [0.25, 0.3) is 0 Å². The van der Waals surface area contributed by atoms with Crippen molar-refractivity contribution in [1.29, 1.82) is 0 Å². The number of fused-ring (bicyclic) bond motifs is 1. The first-order valence-corrected chi connectivity index (χ1v) is 8.96. The Morgan fingerprint density at radius 2 is 2.10 bits per heavy atom. The minimum absolute atomic E-state index is 0.208. The Morgan fingerprint density at radius 3 is 2.90 bits per heavy atom. The minimum atomic E-state index is 0.208. The average molecular weight is 352 g/mol. The smallest absolute Gasteiger partial charge is 0.0411 e. The van der Waals surface area contributed by atoms with Crippen LogP contribution in [0, 0.1) is 0 Å². The van der Waals surface area contributed by atoms with Gasteiger partial charge in [-0.1, -0.05) is 22.0 Å². The molecule has 1 aromatic rings. The summed E-state index contributed by atoms with van der Waals surface area (Å²) in [5.74, 6) is 0. The standard InChI is InChI=1S/C17H26BrN3/c1-13(19)10-14-5-6-15(18)11-17(14)21-9-3-8-20-7-2-4-16(20)12-21/h5-6,11,13,16H,2-4,7-10,12,19H2,1H3. The van der Waals surface area contributed by atoms with Crippen molar-refractivity contribution < 1.29 is 0 Å². The van der Waals surface area contributed by atoms with E-state index in [0.29, 0.717) is 0 Å². The van der Waals surface area contributed by atoms with Gasteiger partial charge < -0.3 is 10.6 Å². The molecule has 0 saturated carbocycles. The zero-order chi connectivity index (χ0) is 14.8. The van der Waals surface area contributed by atoms with Gasteiger partial charge in [-0.2, -0.15) is 0 Å². The van der Waals surface area contributed by atoms with Crippen LogP contribution in [0.5, 0.6) is 0 Å². The second kappa shape index (κ2) is 6.67. The van der Waals surface area contributed by atoms with Crippen LogP contribution in [0.15, 0.2) is 22.7 Å².